The number of aliphatic hydroxyl groups excluding tert-OH is 1. The van der Waals surface area contributed by atoms with E-state index in [1.54, 1.807) is 0 Å². The molecule has 2 saturated heterocycles. The van der Waals surface area contributed by atoms with E-state index >= 15 is 0 Å². The number of primary amides is 2. The maximum absolute atomic E-state index is 12.7. The summed E-state index contributed by atoms with van der Waals surface area (Å²) in [5.74, 6) is 0.606. The number of β-amino-alcohol motifs (C(OH)–C–C–N with tert-alkyl or cyclic N) is 1. The summed E-state index contributed by atoms with van der Waals surface area (Å²) in [5.41, 5.74) is 11.4. The number of alkyl halides is 2. The zero-order valence-electron chi connectivity index (χ0n) is 22.4. The van der Waals surface area contributed by atoms with Crippen LogP contribution < -0.4 is 31.2 Å². The van der Waals surface area contributed by atoms with Gasteiger partial charge in [0.2, 0.25) is 5.91 Å². The number of carbonyl (C=O) groups excluding carboxylic acids is 2. The summed E-state index contributed by atoms with van der Waals surface area (Å²) in [7, 11) is 0. The van der Waals surface area contributed by atoms with Gasteiger partial charge in [0.1, 0.15) is 23.7 Å². The molecule has 2 atom stereocenters. The van der Waals surface area contributed by atoms with E-state index in [4.69, 9.17) is 38.4 Å². The summed E-state index contributed by atoms with van der Waals surface area (Å²) in [4.78, 5) is 24.9. The number of hydrogen-bond donors (Lipinski definition) is 4. The zero-order chi connectivity index (χ0) is 29.9. The number of benzene rings is 2. The number of aliphatic hydroxyl groups is 1. The summed E-state index contributed by atoms with van der Waals surface area (Å²) >= 11 is 12.4. The largest absolute Gasteiger partial charge is 0.487 e. The van der Waals surface area contributed by atoms with E-state index in [1.165, 1.54) is 19.1 Å². The summed E-state index contributed by atoms with van der Waals surface area (Å²) < 4.78 is 36.9. The minimum absolute atomic E-state index is 0.0582. The van der Waals surface area contributed by atoms with Crippen molar-refractivity contribution in [3.05, 3.63) is 45.9 Å². The highest BCUT2D eigenvalue weighted by Crippen LogP contribution is 2.43. The summed E-state index contributed by atoms with van der Waals surface area (Å²) in [5, 5.41) is 14.3. The topological polar surface area (TPSA) is 143 Å². The second kappa shape index (κ2) is 12.8. The third kappa shape index (κ3) is 7.62. The van der Waals surface area contributed by atoms with Crippen LogP contribution in [0.2, 0.25) is 10.0 Å². The third-order valence-electron chi connectivity index (χ3n) is 7.31. The van der Waals surface area contributed by atoms with E-state index < -0.39 is 25.2 Å². The maximum Gasteiger partial charge on any atom is 0.316 e. The van der Waals surface area contributed by atoms with E-state index in [0.717, 1.165) is 43.7 Å². The fourth-order valence-electron chi connectivity index (χ4n) is 5.57. The quantitative estimate of drug-likeness (QED) is 0.388. The number of rotatable bonds is 6. The summed E-state index contributed by atoms with van der Waals surface area (Å²) in [6.07, 6.45) is -0.911. The predicted octanol–water partition coefficient (Wildman–Crippen LogP) is 3.64. The smallest absolute Gasteiger partial charge is 0.316 e. The molecule has 0 aliphatic carbocycles. The van der Waals surface area contributed by atoms with Gasteiger partial charge in [0.05, 0.1) is 28.5 Å². The molecule has 2 fully saturated rings. The molecule has 0 bridgehead atoms. The predicted molar refractivity (Wildman–Crippen MR) is 152 cm³/mol. The number of hydrogen-bond acceptors (Lipinski definition) is 7. The molecule has 3 aliphatic heterocycles. The lowest BCUT2D eigenvalue weighted by Gasteiger charge is -2.41. The van der Waals surface area contributed by atoms with Crippen molar-refractivity contribution in [2.45, 2.75) is 50.4 Å². The van der Waals surface area contributed by atoms with E-state index in [-0.39, 0.29) is 34.9 Å². The number of carbonyl (C=O) groups is 2. The van der Waals surface area contributed by atoms with Crippen LogP contribution in [0.4, 0.5) is 25.0 Å². The molecule has 0 aromatic heterocycles. The van der Waals surface area contributed by atoms with Gasteiger partial charge < -0.3 is 36.3 Å². The van der Waals surface area contributed by atoms with Crippen LogP contribution in [-0.2, 0) is 11.2 Å². The first-order valence-corrected chi connectivity index (χ1v) is 13.8. The first-order valence-electron chi connectivity index (χ1n) is 13.1. The molecule has 224 valence electrons. The minimum Gasteiger partial charge on any atom is -0.487 e. The Morgan fingerprint density at radius 2 is 1.88 bits per heavy atom. The van der Waals surface area contributed by atoms with Crippen LogP contribution in [0.3, 0.4) is 0 Å². The van der Waals surface area contributed by atoms with Crippen molar-refractivity contribution < 1.29 is 33.0 Å². The fourth-order valence-corrected chi connectivity index (χ4v) is 5.98. The number of urea groups is 1. The average molecular weight is 616 g/mol. The van der Waals surface area contributed by atoms with Gasteiger partial charge in [-0.25, -0.2) is 13.6 Å². The Bertz CT molecular complexity index is 1270. The van der Waals surface area contributed by atoms with Crippen LogP contribution in [0.15, 0.2) is 30.3 Å². The number of anilines is 2. The van der Waals surface area contributed by atoms with E-state index in [2.05, 4.69) is 16.0 Å². The Hall–Kier alpha value is -3.06. The maximum atomic E-state index is 12.7. The van der Waals surface area contributed by atoms with Gasteiger partial charge >= 0.3 is 6.03 Å². The zero-order valence-corrected chi connectivity index (χ0v) is 23.9. The molecule has 2 unspecified atom stereocenters. The highest BCUT2D eigenvalue weighted by molar-refractivity contribution is 6.32. The van der Waals surface area contributed by atoms with Crippen LogP contribution in [0, 0.1) is 0 Å². The van der Waals surface area contributed by atoms with Gasteiger partial charge in [-0.05, 0) is 29.8 Å². The average Bonchev–Trinajstić information content (AvgIpc) is 3.43. The van der Waals surface area contributed by atoms with E-state index in [9.17, 15) is 23.5 Å². The number of nitrogens with one attached hydrogen (secondary N) is 1. The van der Waals surface area contributed by atoms with Crippen LogP contribution in [-0.4, -0.2) is 78.9 Å². The van der Waals surface area contributed by atoms with Gasteiger partial charge in [0.25, 0.3) is 6.43 Å². The van der Waals surface area contributed by atoms with Gasteiger partial charge in [0.15, 0.2) is 0 Å². The lowest BCUT2D eigenvalue weighted by atomic mass is 9.86. The molecule has 1 spiro atoms. The number of piperidine rings is 1. The Labute approximate surface area is 246 Å². The molecule has 0 radical (unpaired) electrons. The Morgan fingerprint density at radius 3 is 2.51 bits per heavy atom. The van der Waals surface area contributed by atoms with Crippen molar-refractivity contribution in [1.29, 1.82) is 0 Å². The first-order chi connectivity index (χ1) is 19.4. The number of nitrogens with two attached hydrogens (primary N) is 2. The molecule has 2 aromatic rings. The van der Waals surface area contributed by atoms with Gasteiger partial charge in [-0.1, -0.05) is 23.2 Å². The molecule has 3 amide bonds. The number of likely N-dealkylation sites (tertiary alicyclic amines) is 1. The molecule has 2 aromatic carbocycles. The molecule has 10 nitrogen and oxygen atoms in total. The number of ether oxygens (including phenoxy) is 2. The standard InChI is InChI=1S/C25H28Cl2F2N4O4.C2H5NO/c26-15-1-2-21-14(7-15)10-25(37-21)3-5-32(6-4-25)19-11-33(12-20(19)34)18-9-22(36-13-23(28)29)16(27)8-17(18)31-24(30)35;1-2(3)4/h1-2,7-9,19-20,23,34H,3-6,10-13H2,(H3,30,31,35);1H3,(H2,3,4). The molecule has 3 aliphatic rings. The Kier molecular flexibility index (Phi) is 9.68. The second-order valence-electron chi connectivity index (χ2n) is 10.4. The van der Waals surface area contributed by atoms with Crippen molar-refractivity contribution in [3.8, 4) is 11.5 Å². The van der Waals surface area contributed by atoms with Crippen molar-refractivity contribution in [3.63, 3.8) is 0 Å². The highest BCUT2D eigenvalue weighted by Gasteiger charge is 2.45. The minimum atomic E-state index is -2.67. The number of nitrogens with zero attached hydrogens (tertiary/aromatic N) is 2. The molecule has 41 heavy (non-hydrogen) atoms. The van der Waals surface area contributed by atoms with Gasteiger partial charge in [0, 0.05) is 63.5 Å². The first kappa shape index (κ1) is 30.9. The van der Waals surface area contributed by atoms with Gasteiger partial charge in [-0.15, -0.1) is 0 Å². The second-order valence-corrected chi connectivity index (χ2v) is 11.2. The van der Waals surface area contributed by atoms with Crippen molar-refractivity contribution in [1.82, 2.24) is 4.90 Å². The molecular weight excluding hydrogens is 583 g/mol. The number of halogens is 4. The van der Waals surface area contributed by atoms with Crippen molar-refractivity contribution in [2.75, 3.05) is 43.0 Å². The van der Waals surface area contributed by atoms with E-state index in [0.29, 0.717) is 22.9 Å². The van der Waals surface area contributed by atoms with Gasteiger partial charge in [-0.3, -0.25) is 9.69 Å². The lowest BCUT2D eigenvalue weighted by molar-refractivity contribution is -0.115. The molecule has 14 heteroatoms. The normalized spacial score (nSPS) is 21.2. The van der Waals surface area contributed by atoms with Crippen LogP contribution >= 0.6 is 23.2 Å². The Balaban J connectivity index is 0.000000909. The fraction of sp³-hybridized carbons (Fsp3) is 0.481. The summed E-state index contributed by atoms with van der Waals surface area (Å²) in [6.45, 7) is 2.70. The molecule has 3 heterocycles. The molecular formula is C27H33Cl2F2N5O5. The van der Waals surface area contributed by atoms with Crippen LogP contribution in [0.1, 0.15) is 25.3 Å². The van der Waals surface area contributed by atoms with Crippen molar-refractivity contribution >= 4 is 46.5 Å². The molecule has 6 N–H and O–H groups in total. The SMILES string of the molecule is CC(N)=O.NC(=O)Nc1cc(Cl)c(OCC(F)F)cc1N1CC(O)C(N2CCC3(CC2)Cc2cc(Cl)ccc2O3)C1. The summed E-state index contributed by atoms with van der Waals surface area (Å²) in [6, 6.07) is 7.65. The van der Waals surface area contributed by atoms with Crippen LogP contribution in [0.25, 0.3) is 0 Å². The molecule has 5 rings (SSSR count). The lowest BCUT2D eigenvalue weighted by Crippen LogP contribution is -2.53. The highest BCUT2D eigenvalue weighted by atomic mass is 35.5. The third-order valence-corrected chi connectivity index (χ3v) is 7.84. The monoisotopic (exact) mass is 615 g/mol. The van der Waals surface area contributed by atoms with E-state index in [1.807, 2.05) is 23.1 Å². The molecule has 0 saturated carbocycles. The number of amides is 3. The Morgan fingerprint density at radius 1 is 1.20 bits per heavy atom. The number of fused-ring (bicyclic) bond motifs is 1. The van der Waals surface area contributed by atoms with Crippen LogP contribution in [0.5, 0.6) is 11.5 Å². The van der Waals surface area contributed by atoms with Crippen molar-refractivity contribution in [2.24, 2.45) is 11.5 Å². The van der Waals surface area contributed by atoms with Gasteiger partial charge in [-0.2, -0.15) is 0 Å².